The molecule has 0 unspecified atom stereocenters. The Morgan fingerprint density at radius 1 is 0.862 bits per heavy atom. The smallest absolute Gasteiger partial charge is 0.243 e. The average Bonchev–Trinajstić information content (AvgIpc) is 3.28. The summed E-state index contributed by atoms with van der Waals surface area (Å²) in [7, 11) is -1.35. The van der Waals surface area contributed by atoms with Crippen LogP contribution in [-0.2, 0) is 17.1 Å². The molecule has 2 aliphatic heterocycles. The lowest BCUT2D eigenvalue weighted by Gasteiger charge is -2.30. The standard InChI is InChI=1S/C23H27N3O2S/c1-17-6-7-18-15-23(24(2)22(18)14-17)20-16-19(29(27,28)26-12-5-13-26)8-9-21(20)25-10-3-4-11-25/h6-9,14-16H,3-5,10-13H2,1-2H3. The van der Waals surface area contributed by atoms with Crippen LogP contribution in [0.3, 0.4) is 0 Å². The summed E-state index contributed by atoms with van der Waals surface area (Å²) in [5.74, 6) is 0. The molecule has 0 radical (unpaired) electrons. The Hall–Kier alpha value is -2.31. The van der Waals surface area contributed by atoms with Gasteiger partial charge in [-0.1, -0.05) is 12.1 Å². The van der Waals surface area contributed by atoms with Crippen LogP contribution in [0.4, 0.5) is 5.69 Å². The van der Waals surface area contributed by atoms with Crippen molar-refractivity contribution in [3.8, 4) is 11.3 Å². The lowest BCUT2D eigenvalue weighted by atomic mass is 10.1. The molecule has 0 bridgehead atoms. The fourth-order valence-corrected chi connectivity index (χ4v) is 6.03. The highest BCUT2D eigenvalue weighted by Gasteiger charge is 2.30. The summed E-state index contributed by atoms with van der Waals surface area (Å²) >= 11 is 0. The van der Waals surface area contributed by atoms with Gasteiger partial charge in [0.25, 0.3) is 0 Å². The molecule has 2 saturated heterocycles. The normalized spacial score (nSPS) is 17.8. The van der Waals surface area contributed by atoms with Crippen molar-refractivity contribution in [2.24, 2.45) is 7.05 Å². The number of aryl methyl sites for hydroxylation is 2. The molecule has 0 N–H and O–H groups in total. The molecule has 3 aromatic rings. The molecule has 3 heterocycles. The number of fused-ring (bicyclic) bond motifs is 1. The average molecular weight is 410 g/mol. The zero-order chi connectivity index (χ0) is 20.2. The molecular formula is C23H27N3O2S. The molecular weight excluding hydrogens is 382 g/mol. The van der Waals surface area contributed by atoms with Crippen LogP contribution in [0.25, 0.3) is 22.2 Å². The molecule has 152 valence electrons. The Morgan fingerprint density at radius 2 is 1.62 bits per heavy atom. The van der Waals surface area contributed by atoms with E-state index in [1.807, 2.05) is 12.1 Å². The van der Waals surface area contributed by atoms with Gasteiger partial charge >= 0.3 is 0 Å². The minimum Gasteiger partial charge on any atom is -0.371 e. The van der Waals surface area contributed by atoms with Gasteiger partial charge in [-0.05, 0) is 62.1 Å². The summed E-state index contributed by atoms with van der Waals surface area (Å²) in [4.78, 5) is 2.79. The number of aromatic nitrogens is 1. The minimum absolute atomic E-state index is 0.400. The first-order valence-corrected chi connectivity index (χ1v) is 11.8. The topological polar surface area (TPSA) is 45.6 Å². The van der Waals surface area contributed by atoms with E-state index in [2.05, 4.69) is 47.7 Å². The highest BCUT2D eigenvalue weighted by atomic mass is 32.2. The number of benzene rings is 2. The van der Waals surface area contributed by atoms with Crippen molar-refractivity contribution in [1.29, 1.82) is 0 Å². The van der Waals surface area contributed by atoms with Gasteiger partial charge in [-0.15, -0.1) is 0 Å². The molecule has 2 aromatic carbocycles. The third-order valence-corrected chi connectivity index (χ3v) is 8.24. The summed E-state index contributed by atoms with van der Waals surface area (Å²) in [5.41, 5.74) is 5.59. The Kier molecular flexibility index (Phi) is 4.44. The van der Waals surface area contributed by atoms with Gasteiger partial charge in [0.15, 0.2) is 0 Å². The van der Waals surface area contributed by atoms with Crippen LogP contribution in [0.15, 0.2) is 47.4 Å². The summed E-state index contributed by atoms with van der Waals surface area (Å²) < 4.78 is 29.8. The fraction of sp³-hybridized carbons (Fsp3) is 0.391. The summed E-state index contributed by atoms with van der Waals surface area (Å²) in [6, 6.07) is 14.3. The SMILES string of the molecule is Cc1ccc2cc(-c3cc(S(=O)(=O)N4CCC4)ccc3N3CCCC3)n(C)c2c1. The van der Waals surface area contributed by atoms with Crippen molar-refractivity contribution in [3.05, 3.63) is 48.0 Å². The van der Waals surface area contributed by atoms with Crippen molar-refractivity contribution in [2.45, 2.75) is 31.1 Å². The van der Waals surface area contributed by atoms with Crippen LogP contribution >= 0.6 is 0 Å². The van der Waals surface area contributed by atoms with E-state index in [0.717, 1.165) is 36.5 Å². The van der Waals surface area contributed by atoms with E-state index < -0.39 is 10.0 Å². The number of hydrogen-bond donors (Lipinski definition) is 0. The van der Waals surface area contributed by atoms with Crippen molar-refractivity contribution in [2.75, 3.05) is 31.1 Å². The maximum atomic E-state index is 13.0. The summed E-state index contributed by atoms with van der Waals surface area (Å²) in [6.07, 6.45) is 3.31. The molecule has 5 nitrogen and oxygen atoms in total. The molecule has 0 aliphatic carbocycles. The van der Waals surface area contributed by atoms with Crippen LogP contribution in [0.1, 0.15) is 24.8 Å². The zero-order valence-electron chi connectivity index (χ0n) is 17.1. The third kappa shape index (κ3) is 3.06. The predicted octanol–water partition coefficient (Wildman–Crippen LogP) is 4.15. The maximum absolute atomic E-state index is 13.0. The molecule has 0 spiro atoms. The van der Waals surface area contributed by atoms with E-state index in [-0.39, 0.29) is 0 Å². The number of anilines is 1. The van der Waals surface area contributed by atoms with Crippen LogP contribution in [0, 0.1) is 6.92 Å². The molecule has 0 saturated carbocycles. The largest absolute Gasteiger partial charge is 0.371 e. The molecule has 1 aromatic heterocycles. The minimum atomic E-state index is -3.42. The zero-order valence-corrected chi connectivity index (χ0v) is 17.9. The first kappa shape index (κ1) is 18.7. The van der Waals surface area contributed by atoms with Crippen molar-refractivity contribution < 1.29 is 8.42 Å². The van der Waals surface area contributed by atoms with Crippen LogP contribution in [0.5, 0.6) is 0 Å². The van der Waals surface area contributed by atoms with Gasteiger partial charge < -0.3 is 9.47 Å². The number of hydrogen-bond acceptors (Lipinski definition) is 3. The second-order valence-electron chi connectivity index (χ2n) is 8.28. The van der Waals surface area contributed by atoms with Crippen LogP contribution < -0.4 is 4.90 Å². The van der Waals surface area contributed by atoms with Gasteiger partial charge in [-0.2, -0.15) is 4.31 Å². The lowest BCUT2D eigenvalue weighted by Crippen LogP contribution is -2.41. The second kappa shape index (κ2) is 6.89. The Balaban J connectivity index is 1.70. The number of sulfonamides is 1. The third-order valence-electron chi connectivity index (χ3n) is 6.34. The molecule has 5 rings (SSSR count). The van der Waals surface area contributed by atoms with Crippen molar-refractivity contribution >= 4 is 26.6 Å². The van der Waals surface area contributed by atoms with Crippen LogP contribution in [-0.4, -0.2) is 43.5 Å². The predicted molar refractivity (Wildman–Crippen MR) is 118 cm³/mol. The molecule has 2 fully saturated rings. The monoisotopic (exact) mass is 409 g/mol. The Bertz CT molecular complexity index is 1190. The molecule has 29 heavy (non-hydrogen) atoms. The van der Waals surface area contributed by atoms with Gasteiger partial charge in [-0.3, -0.25) is 0 Å². The lowest BCUT2D eigenvalue weighted by molar-refractivity contribution is 0.309. The van der Waals surface area contributed by atoms with Crippen molar-refractivity contribution in [1.82, 2.24) is 8.87 Å². The van der Waals surface area contributed by atoms with Gasteiger partial charge in [0, 0.05) is 55.4 Å². The molecule has 2 aliphatic rings. The first-order valence-electron chi connectivity index (χ1n) is 10.4. The van der Waals surface area contributed by atoms with E-state index >= 15 is 0 Å². The van der Waals surface area contributed by atoms with Gasteiger partial charge in [0.05, 0.1) is 10.6 Å². The van der Waals surface area contributed by atoms with E-state index in [9.17, 15) is 8.42 Å². The van der Waals surface area contributed by atoms with Crippen molar-refractivity contribution in [3.63, 3.8) is 0 Å². The maximum Gasteiger partial charge on any atom is 0.243 e. The first-order chi connectivity index (χ1) is 13.9. The Morgan fingerprint density at radius 3 is 2.31 bits per heavy atom. The fourth-order valence-electron chi connectivity index (χ4n) is 4.49. The van der Waals surface area contributed by atoms with Crippen LogP contribution in [0.2, 0.25) is 0 Å². The Labute approximate surface area is 172 Å². The van der Waals surface area contributed by atoms with E-state index in [1.54, 1.807) is 10.4 Å². The van der Waals surface area contributed by atoms with E-state index in [4.69, 9.17) is 0 Å². The van der Waals surface area contributed by atoms with Gasteiger partial charge in [0.1, 0.15) is 0 Å². The molecule has 6 heteroatoms. The van der Waals surface area contributed by atoms with E-state index in [0.29, 0.717) is 18.0 Å². The van der Waals surface area contributed by atoms with E-state index in [1.165, 1.54) is 29.3 Å². The second-order valence-corrected chi connectivity index (χ2v) is 10.2. The highest BCUT2D eigenvalue weighted by molar-refractivity contribution is 7.89. The highest BCUT2D eigenvalue weighted by Crippen LogP contribution is 2.38. The quantitative estimate of drug-likeness (QED) is 0.650. The number of nitrogens with zero attached hydrogens (tertiary/aromatic N) is 3. The summed E-state index contributed by atoms with van der Waals surface area (Å²) in [5, 5.41) is 1.18. The summed E-state index contributed by atoms with van der Waals surface area (Å²) in [6.45, 7) is 5.39. The molecule has 0 amide bonds. The molecule has 0 atom stereocenters. The van der Waals surface area contributed by atoms with Gasteiger partial charge in [0.2, 0.25) is 10.0 Å². The number of rotatable bonds is 4. The van der Waals surface area contributed by atoms with Gasteiger partial charge in [-0.25, -0.2) is 8.42 Å².